The van der Waals surface area contributed by atoms with E-state index in [1.165, 1.54) is 0 Å². The third-order valence-corrected chi connectivity index (χ3v) is 4.30. The fraction of sp³-hybridized carbons (Fsp3) is 0.571. The number of hydrogen-bond donors (Lipinski definition) is 1. The molecule has 3 nitrogen and oxygen atoms in total. The van der Waals surface area contributed by atoms with Gasteiger partial charge in [0.2, 0.25) is 0 Å². The Morgan fingerprint density at radius 2 is 2.22 bits per heavy atom. The van der Waals surface area contributed by atoms with Gasteiger partial charge < -0.3 is 14.7 Å². The van der Waals surface area contributed by atoms with Crippen LogP contribution in [0.4, 0.5) is 5.69 Å². The largest absolute Gasteiger partial charge is 0.389 e. The lowest BCUT2D eigenvalue weighted by Crippen LogP contribution is -2.36. The molecule has 2 rings (SSSR count). The second kappa shape index (κ2) is 5.59. The molecule has 1 heterocycles. The van der Waals surface area contributed by atoms with E-state index in [0.717, 1.165) is 28.8 Å². The van der Waals surface area contributed by atoms with Gasteiger partial charge in [-0.05, 0) is 53.9 Å². The number of anilines is 1. The average Bonchev–Trinajstić information content (AvgIpc) is 2.74. The molecule has 1 aromatic carbocycles. The van der Waals surface area contributed by atoms with Crippen LogP contribution in [0, 0.1) is 0 Å². The molecule has 3 atom stereocenters. The van der Waals surface area contributed by atoms with Crippen molar-refractivity contribution in [2.75, 3.05) is 18.6 Å². The smallest absolute Gasteiger partial charge is 0.0762 e. The molecule has 0 saturated carbocycles. The molecule has 1 saturated heterocycles. The second-order valence-corrected chi connectivity index (χ2v) is 5.78. The van der Waals surface area contributed by atoms with Crippen LogP contribution in [0.5, 0.6) is 0 Å². The van der Waals surface area contributed by atoms with Gasteiger partial charge in [-0.1, -0.05) is 6.07 Å². The summed E-state index contributed by atoms with van der Waals surface area (Å²) in [7, 11) is 2.10. The summed E-state index contributed by atoms with van der Waals surface area (Å²) < 4.78 is 6.63. The van der Waals surface area contributed by atoms with Crippen LogP contribution >= 0.6 is 15.9 Å². The zero-order chi connectivity index (χ0) is 13.3. The lowest BCUT2D eigenvalue weighted by Gasteiger charge is -2.30. The third kappa shape index (κ3) is 2.71. The van der Waals surface area contributed by atoms with E-state index in [9.17, 15) is 5.11 Å². The van der Waals surface area contributed by atoms with Gasteiger partial charge in [-0.25, -0.2) is 0 Å². The minimum atomic E-state index is -0.436. The highest BCUT2D eigenvalue weighted by Crippen LogP contribution is 2.32. The molecule has 18 heavy (non-hydrogen) atoms. The number of aliphatic hydroxyl groups excluding tert-OH is 1. The van der Waals surface area contributed by atoms with Gasteiger partial charge in [0.1, 0.15) is 0 Å². The number of likely N-dealkylation sites (N-methyl/N-ethyl adjacent to an activating group) is 1. The van der Waals surface area contributed by atoms with Crippen molar-refractivity contribution in [2.45, 2.75) is 38.5 Å². The molecule has 1 fully saturated rings. The number of nitrogens with zero attached hydrogens (tertiary/aromatic N) is 1. The molecule has 1 N–H and O–H groups in total. The van der Waals surface area contributed by atoms with Crippen molar-refractivity contribution in [2.24, 2.45) is 0 Å². The first kappa shape index (κ1) is 13.8. The Kier molecular flexibility index (Phi) is 4.30. The van der Waals surface area contributed by atoms with E-state index >= 15 is 0 Å². The number of ether oxygens (including phenoxy) is 1. The Morgan fingerprint density at radius 1 is 1.50 bits per heavy atom. The molecule has 100 valence electrons. The van der Waals surface area contributed by atoms with Crippen molar-refractivity contribution in [1.82, 2.24) is 0 Å². The molecule has 1 aliphatic rings. The highest BCUT2D eigenvalue weighted by Gasteiger charge is 2.28. The monoisotopic (exact) mass is 313 g/mol. The van der Waals surface area contributed by atoms with Crippen LogP contribution in [-0.4, -0.2) is 30.9 Å². The first-order valence-electron chi connectivity index (χ1n) is 6.32. The maximum atomic E-state index is 9.58. The van der Waals surface area contributed by atoms with E-state index in [1.54, 1.807) is 6.92 Å². The van der Waals surface area contributed by atoms with Crippen LogP contribution in [0.2, 0.25) is 0 Å². The Labute approximate surface area is 117 Å². The Morgan fingerprint density at radius 3 is 2.72 bits per heavy atom. The predicted molar refractivity (Wildman–Crippen MR) is 77.0 cm³/mol. The zero-order valence-corrected chi connectivity index (χ0v) is 12.6. The second-order valence-electron chi connectivity index (χ2n) is 4.93. The molecule has 0 radical (unpaired) electrons. The maximum absolute atomic E-state index is 9.58. The summed E-state index contributed by atoms with van der Waals surface area (Å²) in [5.41, 5.74) is 2.07. The van der Waals surface area contributed by atoms with E-state index in [-0.39, 0.29) is 6.10 Å². The molecule has 0 amide bonds. The van der Waals surface area contributed by atoms with Crippen molar-refractivity contribution < 1.29 is 9.84 Å². The van der Waals surface area contributed by atoms with E-state index in [0.29, 0.717) is 6.04 Å². The van der Waals surface area contributed by atoms with E-state index < -0.39 is 6.10 Å². The topological polar surface area (TPSA) is 32.7 Å². The van der Waals surface area contributed by atoms with E-state index in [4.69, 9.17) is 4.74 Å². The van der Waals surface area contributed by atoms with Crippen molar-refractivity contribution in [1.29, 1.82) is 0 Å². The van der Waals surface area contributed by atoms with Gasteiger partial charge in [0.05, 0.1) is 23.9 Å². The van der Waals surface area contributed by atoms with Crippen molar-refractivity contribution >= 4 is 21.6 Å². The molecule has 0 aliphatic carbocycles. The van der Waals surface area contributed by atoms with Gasteiger partial charge in [-0.2, -0.15) is 0 Å². The van der Waals surface area contributed by atoms with Crippen molar-refractivity contribution in [3.8, 4) is 0 Å². The van der Waals surface area contributed by atoms with Crippen molar-refractivity contribution in [3.63, 3.8) is 0 Å². The van der Waals surface area contributed by atoms with Crippen LogP contribution in [0.15, 0.2) is 22.7 Å². The molecule has 2 unspecified atom stereocenters. The third-order valence-electron chi connectivity index (χ3n) is 3.67. The maximum Gasteiger partial charge on any atom is 0.0762 e. The fourth-order valence-electron chi connectivity index (χ4n) is 2.48. The molecule has 0 spiro atoms. The summed E-state index contributed by atoms with van der Waals surface area (Å²) in [6.07, 6.45) is 0.884. The van der Waals surface area contributed by atoms with Gasteiger partial charge in [0.15, 0.2) is 0 Å². The molecule has 0 aromatic heterocycles. The summed E-state index contributed by atoms with van der Waals surface area (Å²) in [4.78, 5) is 2.26. The fourth-order valence-corrected chi connectivity index (χ4v) is 3.15. The van der Waals surface area contributed by atoms with Gasteiger partial charge in [0, 0.05) is 18.1 Å². The van der Waals surface area contributed by atoms with Crippen LogP contribution in [0.3, 0.4) is 0 Å². The van der Waals surface area contributed by atoms with Gasteiger partial charge in [0.25, 0.3) is 0 Å². The molecule has 1 aliphatic heterocycles. The van der Waals surface area contributed by atoms with E-state index in [1.807, 2.05) is 12.1 Å². The zero-order valence-electron chi connectivity index (χ0n) is 11.1. The summed E-state index contributed by atoms with van der Waals surface area (Å²) >= 11 is 3.59. The quantitative estimate of drug-likeness (QED) is 0.930. The highest BCUT2D eigenvalue weighted by atomic mass is 79.9. The van der Waals surface area contributed by atoms with Crippen LogP contribution < -0.4 is 4.90 Å². The molecular weight excluding hydrogens is 294 g/mol. The highest BCUT2D eigenvalue weighted by molar-refractivity contribution is 9.10. The first-order valence-corrected chi connectivity index (χ1v) is 7.12. The molecule has 4 heteroatoms. The van der Waals surface area contributed by atoms with Crippen molar-refractivity contribution in [3.05, 3.63) is 28.2 Å². The standard InChI is InChI=1S/C14H20BrNO2/c1-9(17)11-4-5-14(12(15)8-11)16(3)13-6-7-18-10(13)2/h4-5,8-10,13,17H,6-7H2,1-3H3/t9-,10?,13?/m0/s1. The van der Waals surface area contributed by atoms with Crippen LogP contribution in [0.25, 0.3) is 0 Å². The summed E-state index contributed by atoms with van der Waals surface area (Å²) in [6.45, 7) is 4.73. The Balaban J connectivity index is 2.22. The number of rotatable bonds is 3. The van der Waals surface area contributed by atoms with Gasteiger partial charge in [-0.15, -0.1) is 0 Å². The molecule has 1 aromatic rings. The van der Waals surface area contributed by atoms with Crippen LogP contribution in [-0.2, 0) is 4.74 Å². The normalized spacial score (nSPS) is 25.2. The number of halogens is 1. The number of hydrogen-bond acceptors (Lipinski definition) is 3. The minimum absolute atomic E-state index is 0.262. The number of aliphatic hydroxyl groups is 1. The molecular formula is C14H20BrNO2. The SMILES string of the molecule is CC1OCCC1N(C)c1ccc([C@H](C)O)cc1Br. The number of benzene rings is 1. The summed E-state index contributed by atoms with van der Waals surface area (Å²) in [6, 6.07) is 6.43. The first-order chi connectivity index (χ1) is 8.50. The van der Waals surface area contributed by atoms with Gasteiger partial charge >= 0.3 is 0 Å². The Bertz CT molecular complexity index is 422. The van der Waals surface area contributed by atoms with Gasteiger partial charge in [-0.3, -0.25) is 0 Å². The predicted octanol–water partition coefficient (Wildman–Crippen LogP) is 3.12. The summed E-state index contributed by atoms with van der Waals surface area (Å²) in [5.74, 6) is 0. The Hall–Kier alpha value is -0.580. The minimum Gasteiger partial charge on any atom is -0.389 e. The lowest BCUT2D eigenvalue weighted by molar-refractivity contribution is 0.118. The molecule has 0 bridgehead atoms. The van der Waals surface area contributed by atoms with E-state index in [2.05, 4.69) is 40.9 Å². The van der Waals surface area contributed by atoms with Crippen LogP contribution in [0.1, 0.15) is 31.9 Å². The average molecular weight is 314 g/mol. The summed E-state index contributed by atoms with van der Waals surface area (Å²) in [5, 5.41) is 9.58. The lowest BCUT2D eigenvalue weighted by atomic mass is 10.1.